The van der Waals surface area contributed by atoms with E-state index in [1.165, 1.54) is 12.1 Å². The first-order valence-electron chi connectivity index (χ1n) is 10.7. The number of hydrogen-bond acceptors (Lipinski definition) is 4. The number of likely N-dealkylation sites (N-methyl/N-ethyl adjacent to an activating group) is 1. The van der Waals surface area contributed by atoms with E-state index in [0.717, 1.165) is 58.7 Å². The molecule has 0 spiro atoms. The first-order valence-corrected chi connectivity index (χ1v) is 11.1. The highest BCUT2D eigenvalue weighted by Crippen LogP contribution is 2.25. The van der Waals surface area contributed by atoms with Crippen molar-refractivity contribution >= 4 is 17.6 Å². The number of alkyl halides is 2. The van der Waals surface area contributed by atoms with Gasteiger partial charge in [0.2, 0.25) is 0 Å². The van der Waals surface area contributed by atoms with Gasteiger partial charge >= 0.3 is 6.61 Å². The summed E-state index contributed by atoms with van der Waals surface area (Å²) in [6.07, 6.45) is 2.16. The molecule has 0 aromatic heterocycles. The van der Waals surface area contributed by atoms with Crippen LogP contribution in [0.3, 0.4) is 0 Å². The minimum absolute atomic E-state index is 0.0946. The van der Waals surface area contributed by atoms with Crippen LogP contribution in [0.15, 0.2) is 23.2 Å². The van der Waals surface area contributed by atoms with Crippen molar-refractivity contribution in [3.63, 3.8) is 0 Å². The van der Waals surface area contributed by atoms with Crippen LogP contribution in [0.4, 0.5) is 8.78 Å². The van der Waals surface area contributed by atoms with Gasteiger partial charge in [-0.15, -0.1) is 0 Å². The molecule has 1 aliphatic heterocycles. The van der Waals surface area contributed by atoms with Gasteiger partial charge in [0.25, 0.3) is 0 Å². The number of halogens is 3. The zero-order valence-corrected chi connectivity index (χ0v) is 18.7. The van der Waals surface area contributed by atoms with Crippen molar-refractivity contribution in [1.82, 2.24) is 20.4 Å². The summed E-state index contributed by atoms with van der Waals surface area (Å²) in [6, 6.07) is 4.57. The van der Waals surface area contributed by atoms with Crippen molar-refractivity contribution in [2.24, 2.45) is 4.99 Å². The van der Waals surface area contributed by atoms with Crippen molar-refractivity contribution < 1.29 is 13.5 Å². The van der Waals surface area contributed by atoms with Crippen LogP contribution in [-0.4, -0.2) is 74.7 Å². The lowest BCUT2D eigenvalue weighted by Crippen LogP contribution is -2.46. The number of piperazine rings is 1. The van der Waals surface area contributed by atoms with Gasteiger partial charge in [0, 0.05) is 49.9 Å². The maximum absolute atomic E-state index is 12.6. The molecule has 1 heterocycles. The molecule has 0 amide bonds. The lowest BCUT2D eigenvalue weighted by Gasteiger charge is -2.34. The van der Waals surface area contributed by atoms with Crippen molar-refractivity contribution in [2.45, 2.75) is 39.8 Å². The van der Waals surface area contributed by atoms with E-state index >= 15 is 0 Å². The van der Waals surface area contributed by atoms with E-state index in [1.54, 1.807) is 6.07 Å². The molecule has 0 unspecified atom stereocenters. The van der Waals surface area contributed by atoms with Crippen LogP contribution in [0.25, 0.3) is 0 Å². The van der Waals surface area contributed by atoms with E-state index in [0.29, 0.717) is 23.1 Å². The Balaban J connectivity index is 1.77. The van der Waals surface area contributed by atoms with Crippen LogP contribution in [0.5, 0.6) is 5.75 Å². The third-order valence-electron chi connectivity index (χ3n) is 5.10. The van der Waals surface area contributed by atoms with E-state index in [9.17, 15) is 8.78 Å². The number of hydrogen-bond donors (Lipinski definition) is 2. The van der Waals surface area contributed by atoms with Crippen LogP contribution >= 0.6 is 11.6 Å². The maximum Gasteiger partial charge on any atom is 0.387 e. The van der Waals surface area contributed by atoms with E-state index in [2.05, 4.69) is 37.1 Å². The van der Waals surface area contributed by atoms with Gasteiger partial charge in [-0.05, 0) is 51.1 Å². The Bertz CT molecular complexity index is 654. The van der Waals surface area contributed by atoms with Crippen molar-refractivity contribution in [2.75, 3.05) is 52.4 Å². The minimum atomic E-state index is -2.88. The quantitative estimate of drug-likeness (QED) is 0.310. The second-order valence-electron chi connectivity index (χ2n) is 7.24. The molecule has 0 aliphatic carbocycles. The van der Waals surface area contributed by atoms with Crippen LogP contribution in [-0.2, 0) is 6.54 Å². The van der Waals surface area contributed by atoms with Crippen molar-refractivity contribution in [3.8, 4) is 5.75 Å². The van der Waals surface area contributed by atoms with Gasteiger partial charge in [0.1, 0.15) is 5.75 Å². The maximum atomic E-state index is 12.6. The number of benzene rings is 1. The Hall–Kier alpha value is -1.64. The van der Waals surface area contributed by atoms with Crippen LogP contribution < -0.4 is 15.4 Å². The summed E-state index contributed by atoms with van der Waals surface area (Å²) in [4.78, 5) is 9.50. The van der Waals surface area contributed by atoms with Crippen LogP contribution in [0.2, 0.25) is 5.02 Å². The fourth-order valence-corrected chi connectivity index (χ4v) is 3.58. The highest BCUT2D eigenvalue weighted by molar-refractivity contribution is 6.30. The first-order chi connectivity index (χ1) is 14.5. The lowest BCUT2D eigenvalue weighted by atomic mass is 10.2. The van der Waals surface area contributed by atoms with Gasteiger partial charge in [-0.3, -0.25) is 0 Å². The summed E-state index contributed by atoms with van der Waals surface area (Å²) >= 11 is 6.00. The molecular weight excluding hydrogens is 412 g/mol. The lowest BCUT2D eigenvalue weighted by molar-refractivity contribution is -0.0504. The van der Waals surface area contributed by atoms with Crippen LogP contribution in [0, 0.1) is 0 Å². The van der Waals surface area contributed by atoms with Gasteiger partial charge in [-0.25, -0.2) is 4.99 Å². The molecule has 6 nitrogen and oxygen atoms in total. The van der Waals surface area contributed by atoms with Gasteiger partial charge in [0.05, 0.1) is 6.54 Å². The fourth-order valence-electron chi connectivity index (χ4n) is 3.38. The molecule has 1 saturated heterocycles. The minimum Gasteiger partial charge on any atom is -0.434 e. The highest BCUT2D eigenvalue weighted by Gasteiger charge is 2.14. The van der Waals surface area contributed by atoms with E-state index in [-0.39, 0.29) is 12.3 Å². The summed E-state index contributed by atoms with van der Waals surface area (Å²) in [5, 5.41) is 6.95. The third kappa shape index (κ3) is 9.02. The molecular formula is C21H34ClF2N5O. The molecule has 1 aromatic rings. The first kappa shape index (κ1) is 24.6. The predicted octanol–water partition coefficient (Wildman–Crippen LogP) is 3.41. The van der Waals surface area contributed by atoms with Gasteiger partial charge in [-0.2, -0.15) is 8.78 Å². The van der Waals surface area contributed by atoms with Gasteiger partial charge in [0.15, 0.2) is 5.96 Å². The summed E-state index contributed by atoms with van der Waals surface area (Å²) in [5.74, 6) is 0.745. The Labute approximate surface area is 183 Å². The monoisotopic (exact) mass is 445 g/mol. The summed E-state index contributed by atoms with van der Waals surface area (Å²) in [5.41, 5.74) is 0.520. The van der Waals surface area contributed by atoms with Crippen molar-refractivity contribution in [3.05, 3.63) is 28.8 Å². The smallest absolute Gasteiger partial charge is 0.387 e. The molecule has 170 valence electrons. The Kier molecular flexibility index (Phi) is 11.2. The van der Waals surface area contributed by atoms with Gasteiger partial charge < -0.3 is 25.2 Å². The van der Waals surface area contributed by atoms with E-state index in [4.69, 9.17) is 11.6 Å². The van der Waals surface area contributed by atoms with Crippen LogP contribution in [0.1, 0.15) is 32.3 Å². The second kappa shape index (κ2) is 13.6. The molecule has 1 aromatic carbocycles. The molecule has 1 aliphatic rings. The average Bonchev–Trinajstić information content (AvgIpc) is 2.73. The Morgan fingerprint density at radius 2 is 1.87 bits per heavy atom. The average molecular weight is 446 g/mol. The van der Waals surface area contributed by atoms with E-state index < -0.39 is 6.61 Å². The molecule has 1 fully saturated rings. The summed E-state index contributed by atoms with van der Waals surface area (Å²) < 4.78 is 29.8. The largest absolute Gasteiger partial charge is 0.434 e. The summed E-state index contributed by atoms with van der Waals surface area (Å²) in [6.45, 7) is 9.88. The predicted molar refractivity (Wildman–Crippen MR) is 119 cm³/mol. The number of nitrogens with one attached hydrogen (secondary N) is 2. The molecule has 0 bridgehead atoms. The molecule has 0 radical (unpaired) electrons. The molecule has 9 heteroatoms. The van der Waals surface area contributed by atoms with Crippen molar-refractivity contribution in [1.29, 1.82) is 0 Å². The highest BCUT2D eigenvalue weighted by atomic mass is 35.5. The number of nitrogens with zero attached hydrogens (tertiary/aromatic N) is 3. The standard InChI is InChI=1S/C21H34ClF2N5O/c1-3-25-21(26-9-5-6-10-29-13-11-28(4-2)12-14-29)27-16-17-15-18(22)7-8-19(17)30-20(23)24/h7-8,15,20H,3-6,9-14,16H2,1-2H3,(H2,25,26,27). The zero-order chi connectivity index (χ0) is 21.8. The number of guanidine groups is 1. The SMILES string of the molecule is CCNC(=NCc1cc(Cl)ccc1OC(F)F)NCCCCN1CCN(CC)CC1. The second-order valence-corrected chi connectivity index (χ2v) is 7.67. The molecule has 30 heavy (non-hydrogen) atoms. The van der Waals surface area contributed by atoms with Gasteiger partial charge in [-0.1, -0.05) is 18.5 Å². The topological polar surface area (TPSA) is 52.1 Å². The van der Waals surface area contributed by atoms with E-state index in [1.807, 2.05) is 6.92 Å². The number of aliphatic imine (C=N–C) groups is 1. The molecule has 0 saturated carbocycles. The molecule has 2 N–H and O–H groups in total. The zero-order valence-electron chi connectivity index (χ0n) is 18.0. The number of ether oxygens (including phenoxy) is 1. The normalized spacial score (nSPS) is 16.1. The fraction of sp³-hybridized carbons (Fsp3) is 0.667. The summed E-state index contributed by atoms with van der Waals surface area (Å²) in [7, 11) is 0. The number of rotatable bonds is 11. The Morgan fingerprint density at radius 3 is 2.53 bits per heavy atom. The molecule has 0 atom stereocenters. The number of unbranched alkanes of at least 4 members (excludes halogenated alkanes) is 1. The third-order valence-corrected chi connectivity index (χ3v) is 5.33. The molecule has 2 rings (SSSR count). The Morgan fingerprint density at radius 1 is 1.13 bits per heavy atom.